The van der Waals surface area contributed by atoms with Crippen LogP contribution in [0, 0.1) is 13.8 Å². The van der Waals surface area contributed by atoms with E-state index in [2.05, 4.69) is 20.7 Å². The number of halogens is 1. The van der Waals surface area contributed by atoms with Crippen LogP contribution in [0.25, 0.3) is 0 Å². The second-order valence-electron chi connectivity index (χ2n) is 3.37. The maximum atomic E-state index is 11.8. The molecule has 3 nitrogen and oxygen atoms in total. The van der Waals surface area contributed by atoms with E-state index in [4.69, 9.17) is 0 Å². The molecule has 0 saturated heterocycles. The van der Waals surface area contributed by atoms with Crippen LogP contribution in [0.5, 0.6) is 0 Å². The van der Waals surface area contributed by atoms with Crippen LogP contribution in [0.3, 0.4) is 0 Å². The molecule has 0 radical (unpaired) electrons. The van der Waals surface area contributed by atoms with Gasteiger partial charge in [-0.05, 0) is 31.0 Å². The number of hydrogen-bond acceptors (Lipinski definition) is 2. The lowest BCUT2D eigenvalue weighted by atomic mass is 10.2. The Morgan fingerprint density at radius 1 is 1.27 bits per heavy atom. The molecule has 0 saturated carbocycles. The van der Waals surface area contributed by atoms with Gasteiger partial charge in [-0.15, -0.1) is 0 Å². The van der Waals surface area contributed by atoms with Crippen molar-refractivity contribution in [3.8, 4) is 0 Å². The van der Waals surface area contributed by atoms with Gasteiger partial charge < -0.3 is 0 Å². The van der Waals surface area contributed by atoms with Crippen LogP contribution in [0.2, 0.25) is 0 Å². The van der Waals surface area contributed by atoms with Gasteiger partial charge in [-0.2, -0.15) is 0 Å². The van der Waals surface area contributed by atoms with Crippen LogP contribution in [0.4, 0.5) is 0 Å². The van der Waals surface area contributed by atoms with Crippen molar-refractivity contribution in [2.75, 3.05) is 6.54 Å². The molecule has 15 heavy (non-hydrogen) atoms. The summed E-state index contributed by atoms with van der Waals surface area (Å²) in [6, 6.07) is 3.50. The van der Waals surface area contributed by atoms with Gasteiger partial charge in [0.05, 0.1) is 4.90 Å². The Kier molecular flexibility index (Phi) is 3.92. The van der Waals surface area contributed by atoms with Gasteiger partial charge in [-0.1, -0.05) is 28.9 Å². The molecule has 5 heteroatoms. The summed E-state index contributed by atoms with van der Waals surface area (Å²) in [5.41, 5.74) is 1.79. The summed E-state index contributed by atoms with van der Waals surface area (Å²) < 4.78 is 26.9. The van der Waals surface area contributed by atoms with E-state index in [1.54, 1.807) is 19.9 Å². The zero-order valence-corrected chi connectivity index (χ0v) is 11.4. The Morgan fingerprint density at radius 2 is 1.87 bits per heavy atom. The van der Waals surface area contributed by atoms with Crippen LogP contribution >= 0.6 is 15.9 Å². The molecular weight excluding hydrogens is 278 g/mol. The first-order valence-corrected chi connectivity index (χ1v) is 6.92. The van der Waals surface area contributed by atoms with Crippen molar-refractivity contribution in [2.24, 2.45) is 0 Å². The zero-order chi connectivity index (χ0) is 11.6. The van der Waals surface area contributed by atoms with Crippen molar-refractivity contribution in [2.45, 2.75) is 25.7 Å². The highest BCUT2D eigenvalue weighted by atomic mass is 79.9. The molecule has 1 N–H and O–H groups in total. The molecular formula is C10H14BrNO2S. The van der Waals surface area contributed by atoms with E-state index in [1.165, 1.54) is 0 Å². The Labute approximate surface area is 99.1 Å². The molecule has 0 spiro atoms. The fraction of sp³-hybridized carbons (Fsp3) is 0.400. The first-order chi connectivity index (χ1) is 6.88. The van der Waals surface area contributed by atoms with E-state index in [-0.39, 0.29) is 0 Å². The average molecular weight is 292 g/mol. The van der Waals surface area contributed by atoms with Crippen LogP contribution in [0.15, 0.2) is 21.5 Å². The quantitative estimate of drug-likeness (QED) is 0.929. The minimum atomic E-state index is -3.36. The van der Waals surface area contributed by atoms with E-state index in [0.29, 0.717) is 11.4 Å². The van der Waals surface area contributed by atoms with Gasteiger partial charge in [0.2, 0.25) is 10.0 Å². The molecule has 0 heterocycles. The molecule has 0 aliphatic rings. The zero-order valence-electron chi connectivity index (χ0n) is 8.96. The Morgan fingerprint density at radius 3 is 2.40 bits per heavy atom. The number of hydrogen-bond donors (Lipinski definition) is 1. The Balaban J connectivity index is 3.33. The summed E-state index contributed by atoms with van der Waals surface area (Å²) in [4.78, 5) is 0.335. The van der Waals surface area contributed by atoms with Crippen LogP contribution in [-0.2, 0) is 10.0 Å². The van der Waals surface area contributed by atoms with E-state index >= 15 is 0 Å². The predicted octanol–water partition coefficient (Wildman–Crippen LogP) is 2.36. The van der Waals surface area contributed by atoms with Crippen molar-refractivity contribution < 1.29 is 8.42 Å². The molecule has 0 unspecified atom stereocenters. The molecule has 1 aromatic rings. The van der Waals surface area contributed by atoms with Crippen molar-refractivity contribution in [1.29, 1.82) is 0 Å². The van der Waals surface area contributed by atoms with Gasteiger partial charge in [0.25, 0.3) is 0 Å². The van der Waals surface area contributed by atoms with Gasteiger partial charge in [0.15, 0.2) is 0 Å². The van der Waals surface area contributed by atoms with E-state index in [0.717, 1.165) is 15.6 Å². The smallest absolute Gasteiger partial charge is 0.211 e. The largest absolute Gasteiger partial charge is 0.240 e. The van der Waals surface area contributed by atoms with Crippen LogP contribution < -0.4 is 4.72 Å². The molecule has 1 rings (SSSR count). The standard InChI is InChI=1S/C10H14BrNO2S/c1-4-12-15(13,14)10-6-9(11)7(2)5-8(10)3/h5-6,12H,4H2,1-3H3. The molecule has 84 valence electrons. The highest BCUT2D eigenvalue weighted by molar-refractivity contribution is 9.10. The predicted molar refractivity (Wildman–Crippen MR) is 64.5 cm³/mol. The lowest BCUT2D eigenvalue weighted by molar-refractivity contribution is 0.583. The molecule has 0 aliphatic carbocycles. The number of sulfonamides is 1. The second-order valence-corrected chi connectivity index (χ2v) is 5.96. The summed E-state index contributed by atoms with van der Waals surface area (Å²) in [6.45, 7) is 5.88. The topological polar surface area (TPSA) is 46.2 Å². The van der Waals surface area contributed by atoms with E-state index in [9.17, 15) is 8.42 Å². The van der Waals surface area contributed by atoms with Crippen LogP contribution in [0.1, 0.15) is 18.1 Å². The molecule has 0 aromatic heterocycles. The fourth-order valence-corrected chi connectivity index (χ4v) is 3.15. The summed E-state index contributed by atoms with van der Waals surface area (Å²) in [6.07, 6.45) is 0. The maximum Gasteiger partial charge on any atom is 0.240 e. The summed E-state index contributed by atoms with van der Waals surface area (Å²) in [7, 11) is -3.36. The number of nitrogens with one attached hydrogen (secondary N) is 1. The monoisotopic (exact) mass is 291 g/mol. The van der Waals surface area contributed by atoms with Crippen molar-refractivity contribution >= 4 is 26.0 Å². The molecule has 1 aromatic carbocycles. The maximum absolute atomic E-state index is 11.8. The molecule has 0 aliphatic heterocycles. The number of benzene rings is 1. The average Bonchev–Trinajstić information content (AvgIpc) is 2.11. The van der Waals surface area contributed by atoms with Crippen LogP contribution in [-0.4, -0.2) is 15.0 Å². The summed E-state index contributed by atoms with van der Waals surface area (Å²) >= 11 is 3.33. The highest BCUT2D eigenvalue weighted by Crippen LogP contribution is 2.24. The van der Waals surface area contributed by atoms with Gasteiger partial charge in [0.1, 0.15) is 0 Å². The molecule has 0 atom stereocenters. The normalized spacial score (nSPS) is 11.7. The number of rotatable bonds is 3. The van der Waals surface area contributed by atoms with Crippen molar-refractivity contribution in [3.05, 3.63) is 27.7 Å². The van der Waals surface area contributed by atoms with Crippen molar-refractivity contribution in [3.63, 3.8) is 0 Å². The van der Waals surface area contributed by atoms with Gasteiger partial charge in [-0.25, -0.2) is 13.1 Å². The van der Waals surface area contributed by atoms with Gasteiger partial charge in [0, 0.05) is 11.0 Å². The van der Waals surface area contributed by atoms with Gasteiger partial charge >= 0.3 is 0 Å². The molecule has 0 amide bonds. The Hall–Kier alpha value is -0.390. The number of aryl methyl sites for hydroxylation is 2. The summed E-state index contributed by atoms with van der Waals surface area (Å²) in [5.74, 6) is 0. The first kappa shape index (κ1) is 12.7. The second kappa shape index (κ2) is 4.63. The van der Waals surface area contributed by atoms with Crippen molar-refractivity contribution in [1.82, 2.24) is 4.72 Å². The molecule has 0 bridgehead atoms. The highest BCUT2D eigenvalue weighted by Gasteiger charge is 2.16. The third-order valence-electron chi connectivity index (χ3n) is 2.08. The lowest BCUT2D eigenvalue weighted by Gasteiger charge is -2.09. The lowest BCUT2D eigenvalue weighted by Crippen LogP contribution is -2.24. The first-order valence-electron chi connectivity index (χ1n) is 4.65. The minimum absolute atomic E-state index is 0.335. The Bertz CT molecular complexity index is 469. The van der Waals surface area contributed by atoms with E-state index in [1.807, 2.05) is 13.0 Å². The van der Waals surface area contributed by atoms with E-state index < -0.39 is 10.0 Å². The van der Waals surface area contributed by atoms with Gasteiger partial charge in [-0.3, -0.25) is 0 Å². The third kappa shape index (κ3) is 2.80. The SMILES string of the molecule is CCNS(=O)(=O)c1cc(Br)c(C)cc1C. The fourth-order valence-electron chi connectivity index (χ4n) is 1.36. The third-order valence-corrected chi connectivity index (χ3v) is 4.62. The minimum Gasteiger partial charge on any atom is -0.211 e. The summed E-state index contributed by atoms with van der Waals surface area (Å²) in [5, 5.41) is 0. The molecule has 0 fully saturated rings.